The van der Waals surface area contributed by atoms with Gasteiger partial charge in [-0.15, -0.1) is 0 Å². The van der Waals surface area contributed by atoms with Crippen LogP contribution in [0.3, 0.4) is 0 Å². The molecule has 0 aromatic heterocycles. The Morgan fingerprint density at radius 3 is 2.47 bits per heavy atom. The van der Waals surface area contributed by atoms with Gasteiger partial charge < -0.3 is 0 Å². The van der Waals surface area contributed by atoms with Crippen molar-refractivity contribution in [1.29, 1.82) is 0 Å². The van der Waals surface area contributed by atoms with Crippen LogP contribution in [-0.2, 0) is 4.79 Å². The van der Waals surface area contributed by atoms with Crippen molar-refractivity contribution in [1.82, 2.24) is 0 Å². The third-order valence-electron chi connectivity index (χ3n) is 3.56. The van der Waals surface area contributed by atoms with Gasteiger partial charge in [0.1, 0.15) is 5.78 Å². The Bertz CT molecular complexity index is 258. The lowest BCUT2D eigenvalue weighted by molar-refractivity contribution is -0.186. The van der Waals surface area contributed by atoms with Crippen LogP contribution in [0.1, 0.15) is 52.4 Å². The van der Waals surface area contributed by atoms with Crippen LogP contribution >= 0.6 is 0 Å². The summed E-state index contributed by atoms with van der Waals surface area (Å²) in [4.78, 5) is 11.8. The molecule has 4 heteroatoms. The van der Waals surface area contributed by atoms with E-state index in [9.17, 15) is 18.0 Å². The van der Waals surface area contributed by atoms with Crippen LogP contribution in [0.25, 0.3) is 0 Å². The van der Waals surface area contributed by atoms with Gasteiger partial charge in [-0.25, -0.2) is 0 Å². The SMILES string of the molecule is CC(C)CCC(=O)C1CCCC(C(F)(F)F)C1. The standard InChI is InChI=1S/C13H21F3O/c1-9(2)6-7-12(17)10-4-3-5-11(8-10)13(14,15)16/h9-11H,3-8H2,1-2H3. The molecule has 1 rings (SSSR count). The molecule has 0 N–H and O–H groups in total. The molecule has 0 amide bonds. The summed E-state index contributed by atoms with van der Waals surface area (Å²) in [7, 11) is 0. The Labute approximate surface area is 101 Å². The number of carbonyl (C=O) groups is 1. The largest absolute Gasteiger partial charge is 0.391 e. The quantitative estimate of drug-likeness (QED) is 0.724. The first-order chi connectivity index (χ1) is 7.80. The zero-order chi connectivity index (χ0) is 13.1. The highest BCUT2D eigenvalue weighted by atomic mass is 19.4. The van der Waals surface area contributed by atoms with Gasteiger partial charge in [-0.1, -0.05) is 20.3 Å². The summed E-state index contributed by atoms with van der Waals surface area (Å²) in [5.74, 6) is -1.15. The lowest BCUT2D eigenvalue weighted by Crippen LogP contribution is -2.31. The van der Waals surface area contributed by atoms with Gasteiger partial charge in [-0.05, 0) is 31.6 Å². The second-order valence-corrected chi connectivity index (χ2v) is 5.50. The molecule has 0 aromatic rings. The van der Waals surface area contributed by atoms with E-state index < -0.39 is 12.1 Å². The van der Waals surface area contributed by atoms with E-state index in [0.717, 1.165) is 6.42 Å². The first kappa shape index (κ1) is 14.5. The Balaban J connectivity index is 2.46. The first-order valence-electron chi connectivity index (χ1n) is 6.40. The average Bonchev–Trinajstić information content (AvgIpc) is 2.25. The Morgan fingerprint density at radius 1 is 1.29 bits per heavy atom. The molecule has 0 heterocycles. The minimum Gasteiger partial charge on any atom is -0.299 e. The minimum atomic E-state index is -4.13. The van der Waals surface area contributed by atoms with E-state index in [4.69, 9.17) is 0 Å². The van der Waals surface area contributed by atoms with Gasteiger partial charge in [0.2, 0.25) is 0 Å². The normalized spacial score (nSPS) is 26.2. The van der Waals surface area contributed by atoms with E-state index in [1.165, 1.54) is 0 Å². The number of ketones is 1. The van der Waals surface area contributed by atoms with Crippen LogP contribution in [0.2, 0.25) is 0 Å². The van der Waals surface area contributed by atoms with Crippen LogP contribution in [0.15, 0.2) is 0 Å². The average molecular weight is 250 g/mol. The summed E-state index contributed by atoms with van der Waals surface area (Å²) in [5, 5.41) is 0. The first-order valence-corrected chi connectivity index (χ1v) is 6.40. The fourth-order valence-electron chi connectivity index (χ4n) is 2.41. The number of hydrogen-bond donors (Lipinski definition) is 0. The molecule has 0 aromatic carbocycles. The maximum atomic E-state index is 12.6. The molecule has 1 aliphatic carbocycles. The molecule has 100 valence electrons. The van der Waals surface area contributed by atoms with Crippen molar-refractivity contribution in [3.8, 4) is 0 Å². The van der Waals surface area contributed by atoms with Crippen molar-refractivity contribution in [2.75, 3.05) is 0 Å². The summed E-state index contributed by atoms with van der Waals surface area (Å²) in [6, 6.07) is 0. The highest BCUT2D eigenvalue weighted by Crippen LogP contribution is 2.40. The Hall–Kier alpha value is -0.540. The van der Waals surface area contributed by atoms with E-state index in [1.807, 2.05) is 13.8 Å². The third kappa shape index (κ3) is 4.68. The third-order valence-corrected chi connectivity index (χ3v) is 3.56. The predicted octanol–water partition coefficient (Wildman–Crippen LogP) is 4.36. The van der Waals surface area contributed by atoms with Crippen LogP contribution in [0.5, 0.6) is 0 Å². The molecular weight excluding hydrogens is 229 g/mol. The summed E-state index contributed by atoms with van der Waals surface area (Å²) in [6.45, 7) is 4.04. The second kappa shape index (κ2) is 5.87. The van der Waals surface area contributed by atoms with Crippen LogP contribution < -0.4 is 0 Å². The molecule has 0 saturated heterocycles. The van der Waals surface area contributed by atoms with Crippen molar-refractivity contribution in [3.63, 3.8) is 0 Å². The molecule has 1 nitrogen and oxygen atoms in total. The monoisotopic (exact) mass is 250 g/mol. The molecule has 0 aliphatic heterocycles. The maximum absolute atomic E-state index is 12.6. The van der Waals surface area contributed by atoms with Crippen LogP contribution in [0.4, 0.5) is 13.2 Å². The zero-order valence-electron chi connectivity index (χ0n) is 10.5. The molecule has 0 bridgehead atoms. The summed E-state index contributed by atoms with van der Waals surface area (Å²) < 4.78 is 37.7. The second-order valence-electron chi connectivity index (χ2n) is 5.50. The summed E-state index contributed by atoms with van der Waals surface area (Å²) >= 11 is 0. The Kier molecular flexibility index (Phi) is 5.02. The molecule has 1 aliphatic rings. The van der Waals surface area contributed by atoms with E-state index in [1.54, 1.807) is 0 Å². The fourth-order valence-corrected chi connectivity index (χ4v) is 2.41. The van der Waals surface area contributed by atoms with Gasteiger partial charge in [0.15, 0.2) is 0 Å². The van der Waals surface area contributed by atoms with Gasteiger partial charge >= 0.3 is 6.18 Å². The predicted molar refractivity (Wildman–Crippen MR) is 60.6 cm³/mol. The topological polar surface area (TPSA) is 17.1 Å². The number of hydrogen-bond acceptors (Lipinski definition) is 1. The van der Waals surface area contributed by atoms with E-state index in [-0.39, 0.29) is 24.5 Å². The lowest BCUT2D eigenvalue weighted by atomic mass is 9.78. The number of halogens is 3. The molecule has 17 heavy (non-hydrogen) atoms. The fraction of sp³-hybridized carbons (Fsp3) is 0.923. The molecule has 0 spiro atoms. The highest BCUT2D eigenvalue weighted by Gasteiger charge is 2.43. The van der Waals surface area contributed by atoms with Crippen molar-refractivity contribution >= 4 is 5.78 Å². The number of rotatable bonds is 4. The summed E-state index contributed by atoms with van der Waals surface area (Å²) in [6.07, 6.45) is -1.53. The van der Waals surface area contributed by atoms with E-state index >= 15 is 0 Å². The van der Waals surface area contributed by atoms with Crippen molar-refractivity contribution < 1.29 is 18.0 Å². The number of carbonyl (C=O) groups excluding carboxylic acids is 1. The lowest BCUT2D eigenvalue weighted by Gasteiger charge is -2.29. The van der Waals surface area contributed by atoms with Crippen molar-refractivity contribution in [3.05, 3.63) is 0 Å². The maximum Gasteiger partial charge on any atom is 0.391 e. The van der Waals surface area contributed by atoms with Gasteiger partial charge in [-0.2, -0.15) is 13.2 Å². The summed E-state index contributed by atoms with van der Waals surface area (Å²) in [5.41, 5.74) is 0. The highest BCUT2D eigenvalue weighted by molar-refractivity contribution is 5.81. The number of alkyl halides is 3. The molecule has 1 fully saturated rings. The van der Waals surface area contributed by atoms with Gasteiger partial charge in [0, 0.05) is 12.3 Å². The molecular formula is C13H21F3O. The van der Waals surface area contributed by atoms with Gasteiger partial charge in [-0.3, -0.25) is 4.79 Å². The molecule has 2 atom stereocenters. The van der Waals surface area contributed by atoms with Crippen LogP contribution in [0, 0.1) is 17.8 Å². The minimum absolute atomic E-state index is 0.0143. The van der Waals surface area contributed by atoms with Crippen LogP contribution in [-0.4, -0.2) is 12.0 Å². The number of Topliss-reactive ketones (excluding diaryl/α,β-unsaturated/α-hetero) is 1. The van der Waals surface area contributed by atoms with Gasteiger partial charge in [0.25, 0.3) is 0 Å². The Morgan fingerprint density at radius 2 is 1.94 bits per heavy atom. The van der Waals surface area contributed by atoms with E-state index in [0.29, 0.717) is 25.2 Å². The molecule has 0 radical (unpaired) electrons. The van der Waals surface area contributed by atoms with Crippen molar-refractivity contribution in [2.24, 2.45) is 17.8 Å². The molecule has 1 saturated carbocycles. The molecule has 2 unspecified atom stereocenters. The zero-order valence-corrected chi connectivity index (χ0v) is 10.5. The van der Waals surface area contributed by atoms with E-state index in [2.05, 4.69) is 0 Å². The van der Waals surface area contributed by atoms with Crippen molar-refractivity contribution in [2.45, 2.75) is 58.5 Å². The van der Waals surface area contributed by atoms with Gasteiger partial charge in [0.05, 0.1) is 5.92 Å². The smallest absolute Gasteiger partial charge is 0.299 e.